The summed E-state index contributed by atoms with van der Waals surface area (Å²) in [7, 11) is -4.13. The highest BCUT2D eigenvalue weighted by Gasteiger charge is 2.08. The number of hydrogen-bond donors (Lipinski definition) is 1. The molecule has 0 amide bonds. The first-order valence-electron chi connectivity index (χ1n) is 5.00. The summed E-state index contributed by atoms with van der Waals surface area (Å²) in [6, 6.07) is 5.56. The predicted octanol–water partition coefficient (Wildman–Crippen LogP) is 2.44. The van der Waals surface area contributed by atoms with Crippen molar-refractivity contribution in [2.24, 2.45) is 0 Å². The lowest BCUT2D eigenvalue weighted by Gasteiger charge is -2.03. The van der Waals surface area contributed by atoms with Gasteiger partial charge in [0.25, 0.3) is 10.1 Å². The van der Waals surface area contributed by atoms with Crippen molar-refractivity contribution in [1.29, 1.82) is 0 Å². The molecular formula is C12H14O4S. The normalized spacial score (nSPS) is 11.6. The molecule has 0 aromatic heterocycles. The summed E-state index contributed by atoms with van der Waals surface area (Å²) >= 11 is 0. The van der Waals surface area contributed by atoms with E-state index < -0.39 is 10.1 Å². The molecule has 5 heteroatoms. The molecule has 0 aliphatic rings. The molecule has 0 fully saturated rings. The van der Waals surface area contributed by atoms with Gasteiger partial charge < -0.3 is 4.74 Å². The maximum Gasteiger partial charge on any atom is 0.294 e. The molecular weight excluding hydrogens is 240 g/mol. The SMILES string of the molecule is C=CCC=CCOc1ccc(S(=O)(=O)O)cc1. The predicted molar refractivity (Wildman–Crippen MR) is 65.7 cm³/mol. The van der Waals surface area contributed by atoms with Crippen LogP contribution in [0.1, 0.15) is 6.42 Å². The lowest BCUT2D eigenvalue weighted by atomic mass is 10.3. The second kappa shape index (κ2) is 6.22. The molecule has 0 aliphatic heterocycles. The van der Waals surface area contributed by atoms with E-state index >= 15 is 0 Å². The van der Waals surface area contributed by atoms with Crippen molar-refractivity contribution in [1.82, 2.24) is 0 Å². The largest absolute Gasteiger partial charge is 0.490 e. The molecule has 0 aliphatic carbocycles. The minimum Gasteiger partial charge on any atom is -0.490 e. The van der Waals surface area contributed by atoms with Crippen LogP contribution in [0.15, 0.2) is 54.0 Å². The third-order valence-electron chi connectivity index (χ3n) is 1.94. The third kappa shape index (κ3) is 4.84. The maximum absolute atomic E-state index is 10.8. The van der Waals surface area contributed by atoms with Gasteiger partial charge in [0.05, 0.1) is 4.90 Å². The Balaban J connectivity index is 2.54. The second-order valence-electron chi connectivity index (χ2n) is 3.25. The molecule has 0 heterocycles. The quantitative estimate of drug-likeness (QED) is 0.625. The van der Waals surface area contributed by atoms with E-state index in [1.54, 1.807) is 6.08 Å². The average molecular weight is 254 g/mol. The maximum atomic E-state index is 10.8. The van der Waals surface area contributed by atoms with Gasteiger partial charge >= 0.3 is 0 Å². The van der Waals surface area contributed by atoms with Crippen LogP contribution in [0.5, 0.6) is 5.75 Å². The van der Waals surface area contributed by atoms with E-state index in [0.717, 1.165) is 6.42 Å². The van der Waals surface area contributed by atoms with Gasteiger partial charge in [-0.05, 0) is 30.7 Å². The van der Waals surface area contributed by atoms with Crippen LogP contribution in [0.25, 0.3) is 0 Å². The highest BCUT2D eigenvalue weighted by atomic mass is 32.2. The topological polar surface area (TPSA) is 63.6 Å². The van der Waals surface area contributed by atoms with Crippen LogP contribution in [0.2, 0.25) is 0 Å². The molecule has 0 saturated carbocycles. The molecule has 0 spiro atoms. The van der Waals surface area contributed by atoms with E-state index in [-0.39, 0.29) is 4.90 Å². The number of allylic oxidation sites excluding steroid dienone is 2. The van der Waals surface area contributed by atoms with Crippen molar-refractivity contribution >= 4 is 10.1 Å². The molecule has 92 valence electrons. The van der Waals surface area contributed by atoms with Gasteiger partial charge in [0.2, 0.25) is 0 Å². The first-order valence-corrected chi connectivity index (χ1v) is 6.44. The van der Waals surface area contributed by atoms with Crippen LogP contribution in [0.4, 0.5) is 0 Å². The Hall–Kier alpha value is -1.59. The summed E-state index contributed by atoms with van der Waals surface area (Å²) in [5, 5.41) is 0. The van der Waals surface area contributed by atoms with Crippen LogP contribution < -0.4 is 4.74 Å². The second-order valence-corrected chi connectivity index (χ2v) is 4.67. The number of benzene rings is 1. The molecule has 1 aromatic rings. The summed E-state index contributed by atoms with van der Waals surface area (Å²) < 4.78 is 35.6. The third-order valence-corrected chi connectivity index (χ3v) is 2.81. The molecule has 0 saturated heterocycles. The first-order chi connectivity index (χ1) is 8.04. The average Bonchev–Trinajstić information content (AvgIpc) is 2.28. The minimum atomic E-state index is -4.13. The lowest BCUT2D eigenvalue weighted by molar-refractivity contribution is 0.362. The van der Waals surface area contributed by atoms with Crippen molar-refractivity contribution in [3.05, 3.63) is 49.1 Å². The van der Waals surface area contributed by atoms with Gasteiger partial charge in [0.1, 0.15) is 12.4 Å². The van der Waals surface area contributed by atoms with Crippen LogP contribution in [-0.4, -0.2) is 19.6 Å². The fourth-order valence-corrected chi connectivity index (χ4v) is 1.59. The van der Waals surface area contributed by atoms with Crippen LogP contribution in [0.3, 0.4) is 0 Å². The van der Waals surface area contributed by atoms with Crippen LogP contribution >= 0.6 is 0 Å². The lowest BCUT2D eigenvalue weighted by Crippen LogP contribution is -1.98. The van der Waals surface area contributed by atoms with E-state index in [0.29, 0.717) is 12.4 Å². The van der Waals surface area contributed by atoms with Gasteiger partial charge in [-0.25, -0.2) is 0 Å². The Labute approximate surface area is 101 Å². The summed E-state index contributed by atoms with van der Waals surface area (Å²) in [5.41, 5.74) is 0. The van der Waals surface area contributed by atoms with Crippen molar-refractivity contribution in [3.63, 3.8) is 0 Å². The monoisotopic (exact) mass is 254 g/mol. The molecule has 17 heavy (non-hydrogen) atoms. The fourth-order valence-electron chi connectivity index (χ4n) is 1.11. The van der Waals surface area contributed by atoms with E-state index in [9.17, 15) is 8.42 Å². The standard InChI is InChI=1S/C12H14O4S/c1-2-3-4-5-10-16-11-6-8-12(9-7-11)17(13,14)15/h2,4-9H,1,3,10H2,(H,13,14,15). The smallest absolute Gasteiger partial charge is 0.294 e. The minimum absolute atomic E-state index is 0.146. The van der Waals surface area contributed by atoms with Gasteiger partial charge in [-0.1, -0.05) is 18.2 Å². The molecule has 0 bridgehead atoms. The zero-order valence-electron chi connectivity index (χ0n) is 9.24. The zero-order valence-corrected chi connectivity index (χ0v) is 10.1. The van der Waals surface area contributed by atoms with Gasteiger partial charge in [-0.2, -0.15) is 8.42 Å². The summed E-state index contributed by atoms with van der Waals surface area (Å²) in [4.78, 5) is -0.146. The van der Waals surface area contributed by atoms with Gasteiger partial charge in [0, 0.05) is 0 Å². The summed E-state index contributed by atoms with van der Waals surface area (Å²) in [5.74, 6) is 0.542. The van der Waals surface area contributed by atoms with Gasteiger partial charge in [0.15, 0.2) is 0 Å². The summed E-state index contributed by atoms with van der Waals surface area (Å²) in [6.45, 7) is 3.98. The van der Waals surface area contributed by atoms with Crippen molar-refractivity contribution in [2.45, 2.75) is 11.3 Å². The molecule has 4 nitrogen and oxygen atoms in total. The first kappa shape index (κ1) is 13.5. The van der Waals surface area contributed by atoms with Crippen molar-refractivity contribution in [3.8, 4) is 5.75 Å². The fraction of sp³-hybridized carbons (Fsp3) is 0.167. The van der Waals surface area contributed by atoms with Gasteiger partial charge in [-0.15, -0.1) is 6.58 Å². The highest BCUT2D eigenvalue weighted by Crippen LogP contribution is 2.15. The zero-order chi connectivity index (χ0) is 12.7. The Bertz CT molecular complexity index is 486. The molecule has 1 N–H and O–H groups in total. The molecule has 0 radical (unpaired) electrons. The van der Waals surface area contributed by atoms with E-state index in [2.05, 4.69) is 6.58 Å². The number of rotatable bonds is 6. The molecule has 0 atom stereocenters. The molecule has 1 aromatic carbocycles. The highest BCUT2D eigenvalue weighted by molar-refractivity contribution is 7.85. The number of ether oxygens (including phenoxy) is 1. The summed E-state index contributed by atoms with van der Waals surface area (Å²) in [6.07, 6.45) is 6.32. The Morgan fingerprint density at radius 1 is 1.24 bits per heavy atom. The Morgan fingerprint density at radius 2 is 1.88 bits per heavy atom. The van der Waals surface area contributed by atoms with E-state index in [1.165, 1.54) is 24.3 Å². The Kier molecular flexibility index (Phi) is 4.93. The van der Waals surface area contributed by atoms with Crippen molar-refractivity contribution < 1.29 is 17.7 Å². The van der Waals surface area contributed by atoms with Crippen LogP contribution in [-0.2, 0) is 10.1 Å². The van der Waals surface area contributed by atoms with E-state index in [4.69, 9.17) is 9.29 Å². The Morgan fingerprint density at radius 3 is 2.41 bits per heavy atom. The van der Waals surface area contributed by atoms with Crippen LogP contribution in [0, 0.1) is 0 Å². The van der Waals surface area contributed by atoms with Gasteiger partial charge in [-0.3, -0.25) is 4.55 Å². The van der Waals surface area contributed by atoms with E-state index in [1.807, 2.05) is 12.2 Å². The molecule has 1 rings (SSSR count). The number of hydrogen-bond acceptors (Lipinski definition) is 3. The molecule has 0 unspecified atom stereocenters. The van der Waals surface area contributed by atoms with Crippen molar-refractivity contribution in [2.75, 3.05) is 6.61 Å².